The predicted octanol–water partition coefficient (Wildman–Crippen LogP) is 3.82. The van der Waals surface area contributed by atoms with Crippen LogP contribution >= 0.6 is 0 Å². The Bertz CT molecular complexity index is 1210. The van der Waals surface area contributed by atoms with Crippen molar-refractivity contribution in [1.29, 1.82) is 0 Å². The number of fused-ring (bicyclic) bond motifs is 1. The number of rotatable bonds is 14. The zero-order chi connectivity index (χ0) is 27.7. The largest absolute Gasteiger partial charge is 0.454 e. The van der Waals surface area contributed by atoms with E-state index in [0.717, 1.165) is 19.1 Å². The molecule has 0 fully saturated rings. The maximum absolute atomic E-state index is 13.4. The lowest BCUT2D eigenvalue weighted by atomic mass is 10.1. The average molecular weight is 550 g/mol. The van der Waals surface area contributed by atoms with Gasteiger partial charge in [0, 0.05) is 32.1 Å². The zero-order valence-corrected chi connectivity index (χ0v) is 22.9. The summed E-state index contributed by atoms with van der Waals surface area (Å²) in [5.41, 5.74) is 1.10. The van der Waals surface area contributed by atoms with E-state index >= 15 is 0 Å². The Morgan fingerprint density at radius 2 is 1.76 bits per heavy atom. The number of hydrogen-bond donors (Lipinski definition) is 1. The first-order valence-electron chi connectivity index (χ1n) is 12.8. The molecule has 0 bridgehead atoms. The predicted molar refractivity (Wildman–Crippen MR) is 143 cm³/mol. The summed E-state index contributed by atoms with van der Waals surface area (Å²) >= 11 is 0. The summed E-state index contributed by atoms with van der Waals surface area (Å²) in [5.74, 6) is 0.0788. The Balaban J connectivity index is 1.74. The molecule has 0 unspecified atom stereocenters. The van der Waals surface area contributed by atoms with Crippen LogP contribution in [0, 0.1) is 5.82 Å². The minimum absolute atomic E-state index is 0.0243. The van der Waals surface area contributed by atoms with E-state index in [4.69, 9.17) is 9.47 Å². The van der Waals surface area contributed by atoms with E-state index in [1.807, 2.05) is 13.8 Å². The second-order valence-corrected chi connectivity index (χ2v) is 11.1. The van der Waals surface area contributed by atoms with Crippen molar-refractivity contribution in [2.75, 3.05) is 30.4 Å². The lowest BCUT2D eigenvalue weighted by Gasteiger charge is -2.31. The van der Waals surface area contributed by atoms with Crippen LogP contribution < -0.4 is 19.1 Å². The molecule has 208 valence electrons. The van der Waals surface area contributed by atoms with Gasteiger partial charge >= 0.3 is 0 Å². The Morgan fingerprint density at radius 3 is 2.42 bits per heavy atom. The monoisotopic (exact) mass is 549 g/mol. The molecule has 1 atom stereocenters. The number of halogens is 1. The molecule has 0 radical (unpaired) electrons. The number of hydrogen-bond acceptors (Lipinski definition) is 6. The number of amides is 2. The quantitative estimate of drug-likeness (QED) is 0.359. The van der Waals surface area contributed by atoms with Gasteiger partial charge in [-0.1, -0.05) is 32.4 Å². The Morgan fingerprint density at radius 1 is 1.05 bits per heavy atom. The fourth-order valence-electron chi connectivity index (χ4n) is 4.26. The Kier molecular flexibility index (Phi) is 10.3. The molecule has 2 aromatic rings. The molecule has 3 rings (SSSR count). The molecule has 1 heterocycles. The van der Waals surface area contributed by atoms with Gasteiger partial charge < -0.3 is 19.7 Å². The molecular weight excluding hydrogens is 513 g/mol. The van der Waals surface area contributed by atoms with Crippen LogP contribution in [0.5, 0.6) is 11.5 Å². The van der Waals surface area contributed by atoms with Crippen LogP contribution in [-0.2, 0) is 26.2 Å². The topological polar surface area (TPSA) is 105 Å². The maximum Gasteiger partial charge on any atom is 0.242 e. The number of ether oxygens (including phenoxy) is 2. The van der Waals surface area contributed by atoms with Gasteiger partial charge in [0.25, 0.3) is 0 Å². The van der Waals surface area contributed by atoms with Gasteiger partial charge in [-0.15, -0.1) is 0 Å². The molecule has 0 saturated heterocycles. The first-order valence-corrected chi connectivity index (χ1v) is 14.7. The Labute approximate surface area is 224 Å². The average Bonchev–Trinajstić information content (AvgIpc) is 3.35. The molecule has 2 amide bonds. The van der Waals surface area contributed by atoms with Crippen molar-refractivity contribution in [2.24, 2.45) is 0 Å². The highest BCUT2D eigenvalue weighted by Gasteiger charge is 2.29. The molecule has 0 spiro atoms. The number of nitrogens with one attached hydrogen (secondary N) is 1. The van der Waals surface area contributed by atoms with Gasteiger partial charge in [0.15, 0.2) is 11.5 Å². The van der Waals surface area contributed by atoms with Crippen LogP contribution in [-0.4, -0.2) is 57.3 Å². The smallest absolute Gasteiger partial charge is 0.242 e. The van der Waals surface area contributed by atoms with E-state index in [1.54, 1.807) is 30.3 Å². The van der Waals surface area contributed by atoms with Crippen LogP contribution in [0.1, 0.15) is 51.5 Å². The highest BCUT2D eigenvalue weighted by atomic mass is 32.2. The number of sulfonamides is 1. The number of nitrogens with zero attached hydrogens (tertiary/aromatic N) is 2. The molecule has 38 heavy (non-hydrogen) atoms. The normalized spacial score (nSPS) is 13.2. The number of benzene rings is 2. The minimum Gasteiger partial charge on any atom is -0.454 e. The van der Waals surface area contributed by atoms with Crippen molar-refractivity contribution in [2.45, 2.75) is 58.5 Å². The van der Waals surface area contributed by atoms with Gasteiger partial charge in [0.1, 0.15) is 11.9 Å². The molecule has 11 heteroatoms. The van der Waals surface area contributed by atoms with Crippen LogP contribution in [0.25, 0.3) is 0 Å². The van der Waals surface area contributed by atoms with Crippen molar-refractivity contribution < 1.29 is 31.9 Å². The molecule has 9 nitrogen and oxygen atoms in total. The molecule has 1 N–H and O–H groups in total. The summed E-state index contributed by atoms with van der Waals surface area (Å²) in [6.45, 7) is 4.64. The van der Waals surface area contributed by atoms with Crippen molar-refractivity contribution in [1.82, 2.24) is 10.2 Å². The SMILES string of the molecule is CCCCNC(=O)[C@@H](CC)N(Cc1ccc(F)cc1)C(=O)CCCN(c1ccc2c(c1)OCO2)S(C)(=O)=O. The first kappa shape index (κ1) is 29.2. The fraction of sp³-hybridized carbons (Fsp3) is 0.481. The summed E-state index contributed by atoms with van der Waals surface area (Å²) in [7, 11) is -3.64. The second-order valence-electron chi connectivity index (χ2n) is 9.19. The summed E-state index contributed by atoms with van der Waals surface area (Å²) in [6, 6.07) is 9.97. The summed E-state index contributed by atoms with van der Waals surface area (Å²) < 4.78 is 50.5. The van der Waals surface area contributed by atoms with E-state index in [2.05, 4.69) is 5.32 Å². The fourth-order valence-corrected chi connectivity index (χ4v) is 5.21. The number of carbonyl (C=O) groups excluding carboxylic acids is 2. The highest BCUT2D eigenvalue weighted by Crippen LogP contribution is 2.36. The summed E-state index contributed by atoms with van der Waals surface area (Å²) in [4.78, 5) is 27.9. The lowest BCUT2D eigenvalue weighted by molar-refractivity contribution is -0.141. The Hall–Kier alpha value is -3.34. The first-order chi connectivity index (χ1) is 18.1. The molecular formula is C27H36FN3O6S. The molecule has 2 aromatic carbocycles. The number of anilines is 1. The number of unbranched alkanes of at least 4 members (excludes halogenated alkanes) is 1. The second kappa shape index (κ2) is 13.5. The van der Waals surface area contributed by atoms with Crippen LogP contribution in [0.3, 0.4) is 0 Å². The van der Waals surface area contributed by atoms with Gasteiger partial charge in [0.05, 0.1) is 11.9 Å². The van der Waals surface area contributed by atoms with Crippen molar-refractivity contribution >= 4 is 27.5 Å². The molecule has 0 aliphatic carbocycles. The van der Waals surface area contributed by atoms with Gasteiger partial charge in [-0.2, -0.15) is 0 Å². The summed E-state index contributed by atoms with van der Waals surface area (Å²) in [5, 5.41) is 2.90. The van der Waals surface area contributed by atoms with Crippen molar-refractivity contribution in [3.05, 3.63) is 53.8 Å². The third-order valence-corrected chi connectivity index (χ3v) is 7.47. The van der Waals surface area contributed by atoms with E-state index < -0.39 is 16.1 Å². The van der Waals surface area contributed by atoms with Crippen LogP contribution in [0.4, 0.5) is 10.1 Å². The standard InChI is InChI=1S/C27H36FN3O6S/c1-4-6-15-29-27(33)23(5-2)30(18-20-9-11-21(28)12-10-20)26(32)8-7-16-31(38(3,34)35)22-13-14-24-25(17-22)37-19-36-24/h9-14,17,23H,4-8,15-16,18-19H2,1-3H3,(H,29,33)/t23-/m1/s1. The molecule has 1 aliphatic heterocycles. The van der Waals surface area contributed by atoms with E-state index in [-0.39, 0.29) is 50.4 Å². The van der Waals surface area contributed by atoms with Gasteiger partial charge in [0.2, 0.25) is 28.6 Å². The van der Waals surface area contributed by atoms with E-state index in [1.165, 1.54) is 21.3 Å². The van der Waals surface area contributed by atoms with Gasteiger partial charge in [-0.05, 0) is 49.1 Å². The van der Waals surface area contributed by atoms with E-state index in [0.29, 0.717) is 35.7 Å². The highest BCUT2D eigenvalue weighted by molar-refractivity contribution is 7.92. The lowest BCUT2D eigenvalue weighted by Crippen LogP contribution is -2.49. The molecule has 0 aromatic heterocycles. The van der Waals surface area contributed by atoms with Gasteiger partial charge in [-0.3, -0.25) is 13.9 Å². The van der Waals surface area contributed by atoms with Crippen LogP contribution in [0.15, 0.2) is 42.5 Å². The third kappa shape index (κ3) is 7.83. The third-order valence-electron chi connectivity index (χ3n) is 6.28. The molecule has 1 aliphatic rings. The minimum atomic E-state index is -3.64. The summed E-state index contributed by atoms with van der Waals surface area (Å²) in [6.07, 6.45) is 3.51. The maximum atomic E-state index is 13.4. The van der Waals surface area contributed by atoms with E-state index in [9.17, 15) is 22.4 Å². The van der Waals surface area contributed by atoms with Crippen molar-refractivity contribution in [3.63, 3.8) is 0 Å². The van der Waals surface area contributed by atoms with Crippen molar-refractivity contribution in [3.8, 4) is 11.5 Å². The van der Waals surface area contributed by atoms with Crippen LogP contribution in [0.2, 0.25) is 0 Å². The molecule has 0 saturated carbocycles. The zero-order valence-electron chi connectivity index (χ0n) is 22.1. The van der Waals surface area contributed by atoms with Gasteiger partial charge in [-0.25, -0.2) is 12.8 Å². The number of carbonyl (C=O) groups is 2.